The molecule has 0 aliphatic heterocycles. The minimum atomic E-state index is -1.54. The van der Waals surface area contributed by atoms with Crippen LogP contribution in [0.5, 0.6) is 0 Å². The maximum absolute atomic E-state index is 12.0. The van der Waals surface area contributed by atoms with Crippen molar-refractivity contribution in [2.24, 2.45) is 5.41 Å². The second kappa shape index (κ2) is 7.06. The van der Waals surface area contributed by atoms with Gasteiger partial charge in [-0.2, -0.15) is 0 Å². The minimum absolute atomic E-state index is 0.251. The number of hydrogen-bond donors (Lipinski definition) is 3. The first kappa shape index (κ1) is 17.7. The van der Waals surface area contributed by atoms with Gasteiger partial charge in [-0.1, -0.05) is 26.0 Å². The van der Waals surface area contributed by atoms with E-state index in [1.165, 1.54) is 6.92 Å². The van der Waals surface area contributed by atoms with Crippen LogP contribution in [0, 0.1) is 5.41 Å². The quantitative estimate of drug-likeness (QED) is 0.715. The third kappa shape index (κ3) is 4.58. The van der Waals surface area contributed by atoms with E-state index in [1.807, 2.05) is 26.0 Å². The lowest BCUT2D eigenvalue weighted by atomic mass is 9.86. The molecule has 6 heteroatoms. The standard InChI is InChI=1S/C16H21NO5/c1-10(2)11-4-6-12(7-5-11)14(20)17-9-16(3,15(21)22)8-13(18)19/h4-7,10H,8-9H2,1-3H3,(H,17,20)(H,18,19)(H,21,22). The van der Waals surface area contributed by atoms with Gasteiger partial charge in [-0.3, -0.25) is 14.4 Å². The van der Waals surface area contributed by atoms with E-state index in [0.29, 0.717) is 11.5 Å². The molecule has 1 aromatic rings. The lowest BCUT2D eigenvalue weighted by Crippen LogP contribution is -2.42. The van der Waals surface area contributed by atoms with Crippen molar-refractivity contribution < 1.29 is 24.6 Å². The first-order chi connectivity index (χ1) is 10.2. The van der Waals surface area contributed by atoms with E-state index in [2.05, 4.69) is 5.32 Å². The van der Waals surface area contributed by atoms with Crippen molar-refractivity contribution in [1.82, 2.24) is 5.32 Å². The Bertz CT molecular complexity index is 564. The van der Waals surface area contributed by atoms with Crippen molar-refractivity contribution in [3.8, 4) is 0 Å². The molecule has 0 saturated carbocycles. The van der Waals surface area contributed by atoms with Crippen LogP contribution in [0.3, 0.4) is 0 Å². The van der Waals surface area contributed by atoms with Crippen LogP contribution >= 0.6 is 0 Å². The molecule has 0 aromatic heterocycles. The summed E-state index contributed by atoms with van der Waals surface area (Å²) in [6, 6.07) is 7.01. The number of hydrogen-bond acceptors (Lipinski definition) is 3. The van der Waals surface area contributed by atoms with E-state index in [1.54, 1.807) is 12.1 Å². The molecule has 1 aromatic carbocycles. The Balaban J connectivity index is 2.75. The van der Waals surface area contributed by atoms with Gasteiger partial charge in [-0.05, 0) is 30.5 Å². The molecule has 0 radical (unpaired) electrons. The fourth-order valence-corrected chi connectivity index (χ4v) is 1.94. The fraction of sp³-hybridized carbons (Fsp3) is 0.438. The molecule has 1 rings (SSSR count). The predicted octanol–water partition coefficient (Wildman–Crippen LogP) is 2.11. The Kier molecular flexibility index (Phi) is 5.68. The maximum atomic E-state index is 12.0. The van der Waals surface area contributed by atoms with Crippen molar-refractivity contribution in [2.75, 3.05) is 6.54 Å². The van der Waals surface area contributed by atoms with Crippen molar-refractivity contribution in [1.29, 1.82) is 0 Å². The lowest BCUT2D eigenvalue weighted by molar-refractivity contribution is -0.154. The average molecular weight is 307 g/mol. The summed E-state index contributed by atoms with van der Waals surface area (Å²) >= 11 is 0. The monoisotopic (exact) mass is 307 g/mol. The highest BCUT2D eigenvalue weighted by Crippen LogP contribution is 2.21. The van der Waals surface area contributed by atoms with Crippen LogP contribution < -0.4 is 5.32 Å². The largest absolute Gasteiger partial charge is 0.481 e. The number of carbonyl (C=O) groups is 3. The zero-order valence-corrected chi connectivity index (χ0v) is 12.9. The van der Waals surface area contributed by atoms with E-state index in [4.69, 9.17) is 10.2 Å². The molecule has 1 atom stereocenters. The zero-order valence-electron chi connectivity index (χ0n) is 12.9. The average Bonchev–Trinajstić information content (AvgIpc) is 2.44. The summed E-state index contributed by atoms with van der Waals surface area (Å²) in [6.07, 6.45) is -0.561. The number of aliphatic carboxylic acids is 2. The highest BCUT2D eigenvalue weighted by Gasteiger charge is 2.36. The molecule has 1 amide bonds. The molecule has 120 valence electrons. The van der Waals surface area contributed by atoms with Gasteiger partial charge in [-0.15, -0.1) is 0 Å². The summed E-state index contributed by atoms with van der Waals surface area (Å²) in [4.78, 5) is 34.0. The van der Waals surface area contributed by atoms with E-state index >= 15 is 0 Å². The van der Waals surface area contributed by atoms with Crippen LogP contribution in [0.1, 0.15) is 49.0 Å². The molecular weight excluding hydrogens is 286 g/mol. The molecule has 3 N–H and O–H groups in total. The Hall–Kier alpha value is -2.37. The molecule has 0 heterocycles. The molecule has 0 saturated heterocycles. The van der Waals surface area contributed by atoms with Gasteiger partial charge in [0.2, 0.25) is 0 Å². The number of benzene rings is 1. The Morgan fingerprint density at radius 2 is 1.68 bits per heavy atom. The van der Waals surface area contributed by atoms with Gasteiger partial charge in [0, 0.05) is 12.1 Å². The van der Waals surface area contributed by atoms with Gasteiger partial charge in [0.15, 0.2) is 0 Å². The zero-order chi connectivity index (χ0) is 16.9. The minimum Gasteiger partial charge on any atom is -0.481 e. The Morgan fingerprint density at radius 1 is 1.14 bits per heavy atom. The Labute approximate surface area is 129 Å². The summed E-state index contributed by atoms with van der Waals surface area (Å²) < 4.78 is 0. The number of nitrogens with one attached hydrogen (secondary N) is 1. The number of carboxylic acids is 2. The SMILES string of the molecule is CC(C)c1ccc(C(=O)NCC(C)(CC(=O)O)C(=O)O)cc1. The molecule has 6 nitrogen and oxygen atoms in total. The van der Waals surface area contributed by atoms with E-state index in [0.717, 1.165) is 5.56 Å². The predicted molar refractivity (Wildman–Crippen MR) is 80.9 cm³/mol. The molecule has 22 heavy (non-hydrogen) atoms. The van der Waals surface area contributed by atoms with E-state index in [-0.39, 0.29) is 6.54 Å². The van der Waals surface area contributed by atoms with Crippen LogP contribution in [0.15, 0.2) is 24.3 Å². The fourth-order valence-electron chi connectivity index (χ4n) is 1.94. The summed E-state index contributed by atoms with van der Waals surface area (Å²) in [7, 11) is 0. The molecule has 0 fully saturated rings. The molecule has 0 spiro atoms. The molecule has 0 bridgehead atoms. The van der Waals surface area contributed by atoms with Crippen molar-refractivity contribution in [2.45, 2.75) is 33.1 Å². The van der Waals surface area contributed by atoms with Crippen LogP contribution in [0.2, 0.25) is 0 Å². The van der Waals surface area contributed by atoms with Crippen LogP contribution in [0.25, 0.3) is 0 Å². The van der Waals surface area contributed by atoms with Gasteiger partial charge < -0.3 is 15.5 Å². The maximum Gasteiger partial charge on any atom is 0.311 e. The van der Waals surface area contributed by atoms with E-state index < -0.39 is 29.7 Å². The van der Waals surface area contributed by atoms with Gasteiger partial charge in [0.1, 0.15) is 0 Å². The summed E-state index contributed by atoms with van der Waals surface area (Å²) in [5.74, 6) is -2.55. The van der Waals surface area contributed by atoms with Gasteiger partial charge in [0.05, 0.1) is 11.8 Å². The number of carbonyl (C=O) groups excluding carboxylic acids is 1. The molecule has 0 aliphatic rings. The van der Waals surface area contributed by atoms with Gasteiger partial charge >= 0.3 is 11.9 Å². The number of carboxylic acid groups (broad SMARTS) is 2. The summed E-state index contributed by atoms with van der Waals surface area (Å²) in [5, 5.41) is 20.4. The summed E-state index contributed by atoms with van der Waals surface area (Å²) in [5.41, 5.74) is -0.0374. The topological polar surface area (TPSA) is 104 Å². The third-order valence-electron chi connectivity index (χ3n) is 3.54. The molecule has 0 aliphatic carbocycles. The van der Waals surface area contributed by atoms with Crippen LogP contribution in [-0.2, 0) is 9.59 Å². The second-order valence-corrected chi connectivity index (χ2v) is 5.90. The van der Waals surface area contributed by atoms with Crippen molar-refractivity contribution in [3.05, 3.63) is 35.4 Å². The second-order valence-electron chi connectivity index (χ2n) is 5.90. The summed E-state index contributed by atoms with van der Waals surface area (Å²) in [6.45, 7) is 5.13. The van der Waals surface area contributed by atoms with Crippen LogP contribution in [0.4, 0.5) is 0 Å². The van der Waals surface area contributed by atoms with Gasteiger partial charge in [-0.25, -0.2) is 0 Å². The molecule has 1 unspecified atom stereocenters. The Morgan fingerprint density at radius 3 is 2.09 bits per heavy atom. The molecular formula is C16H21NO5. The first-order valence-electron chi connectivity index (χ1n) is 6.99. The normalized spacial score (nSPS) is 13.5. The van der Waals surface area contributed by atoms with Gasteiger partial charge in [0.25, 0.3) is 5.91 Å². The number of rotatable bonds is 7. The third-order valence-corrected chi connectivity index (χ3v) is 3.54. The first-order valence-corrected chi connectivity index (χ1v) is 6.99. The highest BCUT2D eigenvalue weighted by atomic mass is 16.4. The highest BCUT2D eigenvalue weighted by molar-refractivity contribution is 5.94. The van der Waals surface area contributed by atoms with Crippen LogP contribution in [-0.4, -0.2) is 34.6 Å². The smallest absolute Gasteiger partial charge is 0.311 e. The van der Waals surface area contributed by atoms with Crippen molar-refractivity contribution >= 4 is 17.8 Å². The van der Waals surface area contributed by atoms with Crippen molar-refractivity contribution in [3.63, 3.8) is 0 Å². The van der Waals surface area contributed by atoms with E-state index in [9.17, 15) is 14.4 Å². The lowest BCUT2D eigenvalue weighted by Gasteiger charge is -2.23. The number of amides is 1.